The number of anilines is 1. The Labute approximate surface area is 173 Å². The first-order valence-corrected chi connectivity index (χ1v) is 9.76. The van der Waals surface area contributed by atoms with Gasteiger partial charge in [0.2, 0.25) is 5.91 Å². The zero-order valence-corrected chi connectivity index (χ0v) is 16.7. The minimum Gasteiger partial charge on any atom is -0.294 e. The number of ketones is 1. The van der Waals surface area contributed by atoms with Crippen molar-refractivity contribution >= 4 is 23.1 Å². The molecule has 30 heavy (non-hydrogen) atoms. The van der Waals surface area contributed by atoms with Gasteiger partial charge in [-0.25, -0.2) is 4.39 Å². The molecule has 1 amide bonds. The van der Waals surface area contributed by atoms with Gasteiger partial charge in [0.25, 0.3) is 5.69 Å². The Morgan fingerprint density at radius 1 is 1.10 bits per heavy atom. The second-order valence-electron chi connectivity index (χ2n) is 8.59. The molecule has 2 aliphatic rings. The van der Waals surface area contributed by atoms with Gasteiger partial charge in [-0.3, -0.25) is 24.6 Å². The molecule has 7 heteroatoms. The average molecular weight is 408 g/mol. The fraction of sp³-hybridized carbons (Fsp3) is 0.304. The van der Waals surface area contributed by atoms with E-state index in [1.807, 2.05) is 13.8 Å². The van der Waals surface area contributed by atoms with Crippen molar-refractivity contribution < 1.29 is 18.9 Å². The van der Waals surface area contributed by atoms with E-state index in [-0.39, 0.29) is 34.9 Å². The number of non-ortho nitro benzene ring substituents is 1. The van der Waals surface area contributed by atoms with Crippen LogP contribution in [0.15, 0.2) is 59.8 Å². The third kappa shape index (κ3) is 3.40. The van der Waals surface area contributed by atoms with E-state index in [2.05, 4.69) is 0 Å². The Hall–Kier alpha value is -3.35. The normalized spacial score (nSPS) is 20.9. The van der Waals surface area contributed by atoms with Crippen molar-refractivity contribution in [1.29, 1.82) is 0 Å². The highest BCUT2D eigenvalue weighted by Gasteiger charge is 2.45. The van der Waals surface area contributed by atoms with Gasteiger partial charge in [0, 0.05) is 42.2 Å². The van der Waals surface area contributed by atoms with E-state index < -0.39 is 16.7 Å². The molecule has 0 aromatic heterocycles. The Morgan fingerprint density at radius 3 is 2.53 bits per heavy atom. The van der Waals surface area contributed by atoms with Crippen LogP contribution in [0.25, 0.3) is 0 Å². The zero-order chi connectivity index (χ0) is 21.6. The van der Waals surface area contributed by atoms with Crippen LogP contribution < -0.4 is 4.90 Å². The van der Waals surface area contributed by atoms with Gasteiger partial charge in [-0.1, -0.05) is 38.1 Å². The summed E-state index contributed by atoms with van der Waals surface area (Å²) in [6, 6.07) is 12.0. The van der Waals surface area contributed by atoms with E-state index >= 15 is 0 Å². The Kier molecular flexibility index (Phi) is 4.76. The number of allylic oxidation sites excluding steroid dienone is 2. The minimum absolute atomic E-state index is 0.0551. The molecular weight excluding hydrogens is 387 g/mol. The highest BCUT2D eigenvalue weighted by atomic mass is 19.1. The van der Waals surface area contributed by atoms with Crippen LogP contribution in [0.5, 0.6) is 0 Å². The fourth-order valence-electron chi connectivity index (χ4n) is 4.47. The Bertz CT molecular complexity index is 1110. The van der Waals surface area contributed by atoms with E-state index in [9.17, 15) is 24.1 Å². The highest BCUT2D eigenvalue weighted by Crippen LogP contribution is 2.48. The summed E-state index contributed by atoms with van der Waals surface area (Å²) in [5.41, 5.74) is 1.14. The number of nitrogens with zero attached hydrogens (tertiary/aromatic N) is 2. The highest BCUT2D eigenvalue weighted by molar-refractivity contribution is 6.07. The van der Waals surface area contributed by atoms with Gasteiger partial charge in [-0.15, -0.1) is 0 Å². The first-order valence-electron chi connectivity index (χ1n) is 9.76. The number of Topliss-reactive ketones (excluding diaryl/α,β-unsaturated/α-hetero) is 1. The van der Waals surface area contributed by atoms with E-state index in [1.54, 1.807) is 24.3 Å². The van der Waals surface area contributed by atoms with Crippen molar-refractivity contribution in [2.45, 2.75) is 39.0 Å². The van der Waals surface area contributed by atoms with Crippen molar-refractivity contribution in [3.05, 3.63) is 81.3 Å². The van der Waals surface area contributed by atoms with Gasteiger partial charge in [-0.2, -0.15) is 0 Å². The van der Waals surface area contributed by atoms with Crippen molar-refractivity contribution in [3.8, 4) is 0 Å². The lowest BCUT2D eigenvalue weighted by Gasteiger charge is -2.42. The number of nitro groups is 1. The van der Waals surface area contributed by atoms with Crippen LogP contribution in [0.3, 0.4) is 0 Å². The average Bonchev–Trinajstić information content (AvgIpc) is 2.67. The molecule has 0 fully saturated rings. The third-order valence-electron chi connectivity index (χ3n) is 5.72. The van der Waals surface area contributed by atoms with Crippen LogP contribution in [-0.2, 0) is 9.59 Å². The lowest BCUT2D eigenvalue weighted by Crippen LogP contribution is -2.44. The second kappa shape index (κ2) is 7.16. The van der Waals surface area contributed by atoms with E-state index in [0.29, 0.717) is 29.7 Å². The summed E-state index contributed by atoms with van der Waals surface area (Å²) in [5.74, 6) is -1.56. The molecule has 2 aromatic carbocycles. The number of para-hydroxylation sites is 1. The van der Waals surface area contributed by atoms with Crippen LogP contribution in [0, 0.1) is 21.3 Å². The number of hydrogen-bond donors (Lipinski definition) is 0. The maximum Gasteiger partial charge on any atom is 0.269 e. The monoisotopic (exact) mass is 408 g/mol. The standard InChI is InChI=1S/C23H21FN2O4/c1-23(2)12-19-22(20(27)13-23)16(14-6-5-7-15(10-14)26(29)30)11-21(28)25(19)18-9-4-3-8-17(18)24/h3-10,16H,11-13H2,1-2H3. The maximum absolute atomic E-state index is 14.6. The van der Waals surface area contributed by atoms with Gasteiger partial charge >= 0.3 is 0 Å². The predicted molar refractivity (Wildman–Crippen MR) is 109 cm³/mol. The summed E-state index contributed by atoms with van der Waals surface area (Å²) < 4.78 is 14.6. The van der Waals surface area contributed by atoms with Crippen LogP contribution in [-0.4, -0.2) is 16.6 Å². The summed E-state index contributed by atoms with van der Waals surface area (Å²) >= 11 is 0. The third-order valence-corrected chi connectivity index (χ3v) is 5.72. The molecule has 0 radical (unpaired) electrons. The number of hydrogen-bond acceptors (Lipinski definition) is 4. The van der Waals surface area contributed by atoms with Gasteiger partial charge in [0.15, 0.2) is 5.78 Å². The van der Waals surface area contributed by atoms with Crippen LogP contribution in [0.4, 0.5) is 15.8 Å². The molecule has 6 nitrogen and oxygen atoms in total. The van der Waals surface area contributed by atoms with Crippen LogP contribution in [0.1, 0.15) is 44.6 Å². The van der Waals surface area contributed by atoms with Crippen molar-refractivity contribution in [1.82, 2.24) is 0 Å². The van der Waals surface area contributed by atoms with Gasteiger partial charge < -0.3 is 0 Å². The smallest absolute Gasteiger partial charge is 0.269 e. The molecule has 1 aliphatic heterocycles. The van der Waals surface area contributed by atoms with Crippen molar-refractivity contribution in [3.63, 3.8) is 0 Å². The number of carbonyl (C=O) groups is 2. The Balaban J connectivity index is 1.92. The molecule has 1 aliphatic carbocycles. The van der Waals surface area contributed by atoms with Crippen molar-refractivity contribution in [2.75, 3.05) is 4.90 Å². The molecule has 4 rings (SSSR count). The molecule has 0 saturated heterocycles. The van der Waals surface area contributed by atoms with Crippen LogP contribution in [0.2, 0.25) is 0 Å². The van der Waals surface area contributed by atoms with E-state index in [0.717, 1.165) is 0 Å². The molecule has 1 heterocycles. The van der Waals surface area contributed by atoms with Gasteiger partial charge in [0.1, 0.15) is 5.82 Å². The quantitative estimate of drug-likeness (QED) is 0.535. The number of halogens is 1. The summed E-state index contributed by atoms with van der Waals surface area (Å²) in [6.07, 6.45) is 0.677. The maximum atomic E-state index is 14.6. The SMILES string of the molecule is CC1(C)CC(=O)C2=C(C1)N(c1ccccc1F)C(=O)CC2c1cccc([N+](=O)[O-])c1. The summed E-state index contributed by atoms with van der Waals surface area (Å²) in [6.45, 7) is 3.88. The topological polar surface area (TPSA) is 80.5 Å². The molecule has 154 valence electrons. The lowest BCUT2D eigenvalue weighted by molar-refractivity contribution is -0.384. The predicted octanol–water partition coefficient (Wildman–Crippen LogP) is 4.90. The first-order chi connectivity index (χ1) is 14.2. The number of amides is 1. The molecule has 0 spiro atoms. The number of carbonyl (C=O) groups excluding carboxylic acids is 2. The lowest BCUT2D eigenvalue weighted by atomic mass is 9.69. The second-order valence-corrected chi connectivity index (χ2v) is 8.59. The summed E-state index contributed by atoms with van der Waals surface area (Å²) in [7, 11) is 0. The Morgan fingerprint density at radius 2 is 1.83 bits per heavy atom. The molecule has 0 bridgehead atoms. The molecule has 1 atom stereocenters. The van der Waals surface area contributed by atoms with E-state index in [4.69, 9.17) is 0 Å². The van der Waals surface area contributed by atoms with Crippen LogP contribution >= 0.6 is 0 Å². The first kappa shape index (κ1) is 19.9. The molecule has 0 N–H and O–H groups in total. The van der Waals surface area contributed by atoms with E-state index in [1.165, 1.54) is 29.2 Å². The summed E-state index contributed by atoms with van der Waals surface area (Å²) in [4.78, 5) is 38.4. The molecule has 1 unspecified atom stereocenters. The molecule has 2 aromatic rings. The number of benzene rings is 2. The van der Waals surface area contributed by atoms with Gasteiger partial charge in [-0.05, 0) is 29.5 Å². The van der Waals surface area contributed by atoms with Crippen molar-refractivity contribution in [2.24, 2.45) is 5.41 Å². The number of rotatable bonds is 3. The minimum atomic E-state index is -0.584. The largest absolute Gasteiger partial charge is 0.294 e. The molecule has 0 saturated carbocycles. The summed E-state index contributed by atoms with van der Waals surface area (Å²) in [5, 5.41) is 11.2. The zero-order valence-electron chi connectivity index (χ0n) is 16.7. The van der Waals surface area contributed by atoms with Gasteiger partial charge in [0.05, 0.1) is 10.6 Å². The number of nitro benzene ring substituents is 1. The molecular formula is C23H21FN2O4. The fourth-order valence-corrected chi connectivity index (χ4v) is 4.47.